The maximum absolute atomic E-state index is 15.5. The Balaban J connectivity index is 1.73. The first kappa shape index (κ1) is 27.8. The largest absolute Gasteiger partial charge is 0.494 e. The summed E-state index contributed by atoms with van der Waals surface area (Å²) in [6.45, 7) is 18.2. The first-order chi connectivity index (χ1) is 16.4. The van der Waals surface area contributed by atoms with Crippen LogP contribution in [0.25, 0.3) is 0 Å². The van der Waals surface area contributed by atoms with E-state index in [1.807, 2.05) is 27.7 Å². The van der Waals surface area contributed by atoms with Gasteiger partial charge in [-0.05, 0) is 65.0 Å². The van der Waals surface area contributed by atoms with Crippen LogP contribution in [0.3, 0.4) is 0 Å². The Hall–Kier alpha value is -1.27. The van der Waals surface area contributed by atoms with Crippen LogP contribution in [0.4, 0.5) is 4.39 Å². The number of halogens is 1. The maximum Gasteiger partial charge on any atom is 0.494 e. The Kier molecular flexibility index (Phi) is 6.65. The van der Waals surface area contributed by atoms with E-state index < -0.39 is 52.5 Å². The first-order valence-electron chi connectivity index (χ1n) is 12.6. The zero-order chi connectivity index (χ0) is 26.9. The van der Waals surface area contributed by atoms with E-state index in [2.05, 4.69) is 19.6 Å². The summed E-state index contributed by atoms with van der Waals surface area (Å²) in [5, 5.41) is 0. The van der Waals surface area contributed by atoms with Crippen molar-refractivity contribution in [2.75, 3.05) is 13.7 Å². The van der Waals surface area contributed by atoms with Gasteiger partial charge in [0.15, 0.2) is 0 Å². The Labute approximate surface area is 217 Å². The molecule has 36 heavy (non-hydrogen) atoms. The van der Waals surface area contributed by atoms with Crippen LogP contribution in [0.5, 0.6) is 0 Å². The van der Waals surface area contributed by atoms with Gasteiger partial charge < -0.3 is 14.0 Å². The molecule has 3 aliphatic rings. The zero-order valence-electron chi connectivity index (χ0n) is 22.9. The molecule has 1 unspecified atom stereocenters. The number of nitrogens with zero attached hydrogens (tertiary/aromatic N) is 2. The predicted molar refractivity (Wildman–Crippen MR) is 144 cm³/mol. The van der Waals surface area contributed by atoms with Crippen molar-refractivity contribution in [3.63, 3.8) is 0 Å². The van der Waals surface area contributed by atoms with Crippen LogP contribution in [0.1, 0.15) is 53.0 Å². The van der Waals surface area contributed by atoms with Crippen molar-refractivity contribution < 1.29 is 26.9 Å². The monoisotopic (exact) mass is 537 g/mol. The van der Waals surface area contributed by atoms with Gasteiger partial charge in [-0.25, -0.2) is 12.8 Å². The van der Waals surface area contributed by atoms with Crippen LogP contribution in [-0.2, 0) is 29.6 Å². The highest BCUT2D eigenvalue weighted by atomic mass is 32.2. The SMILES string of the molecule is CN1C([CH]OCC[Si](C)(C)C)=NC(C)(c2cc(B3OC(C)(C)C(C)(C)O3)ccc2F)C2(CC2)S1(=O)=O. The number of aliphatic imine (C=N–C) groups is 1. The molecule has 1 aromatic carbocycles. The van der Waals surface area contributed by atoms with Crippen LogP contribution in [0.15, 0.2) is 23.2 Å². The van der Waals surface area contributed by atoms with Crippen molar-refractivity contribution in [1.29, 1.82) is 0 Å². The number of sulfonamides is 1. The van der Waals surface area contributed by atoms with Crippen LogP contribution < -0.4 is 5.46 Å². The van der Waals surface area contributed by atoms with Crippen molar-refractivity contribution in [3.05, 3.63) is 36.2 Å². The molecule has 1 radical (unpaired) electrons. The smallest absolute Gasteiger partial charge is 0.399 e. The average Bonchev–Trinajstić information content (AvgIpc) is 3.52. The van der Waals surface area contributed by atoms with Crippen molar-refractivity contribution in [2.24, 2.45) is 4.99 Å². The molecule has 2 heterocycles. The van der Waals surface area contributed by atoms with Crippen molar-refractivity contribution >= 4 is 36.5 Å². The van der Waals surface area contributed by atoms with Gasteiger partial charge in [-0.1, -0.05) is 31.8 Å². The van der Waals surface area contributed by atoms with Gasteiger partial charge in [0.2, 0.25) is 10.0 Å². The third-order valence-electron chi connectivity index (χ3n) is 8.31. The molecule has 2 aliphatic heterocycles. The van der Waals surface area contributed by atoms with Gasteiger partial charge >= 0.3 is 7.12 Å². The fourth-order valence-electron chi connectivity index (χ4n) is 4.84. The highest BCUT2D eigenvalue weighted by molar-refractivity contribution is 7.91. The van der Waals surface area contributed by atoms with Crippen molar-refractivity contribution in [2.45, 2.75) is 94.6 Å². The fourth-order valence-corrected chi connectivity index (χ4v) is 7.70. The van der Waals surface area contributed by atoms with Gasteiger partial charge in [0.1, 0.15) is 28.5 Å². The van der Waals surface area contributed by atoms with Gasteiger partial charge in [0, 0.05) is 27.3 Å². The minimum absolute atomic E-state index is 0.172. The lowest BCUT2D eigenvalue weighted by Gasteiger charge is -2.43. The lowest BCUT2D eigenvalue weighted by molar-refractivity contribution is 0.00578. The number of ether oxygens (including phenoxy) is 1. The van der Waals surface area contributed by atoms with E-state index >= 15 is 4.39 Å². The normalized spacial score (nSPS) is 27.9. The predicted octanol–water partition coefficient (Wildman–Crippen LogP) is 4.06. The summed E-state index contributed by atoms with van der Waals surface area (Å²) in [5.74, 6) is -0.336. The minimum Gasteiger partial charge on any atom is -0.399 e. The number of rotatable bonds is 7. The van der Waals surface area contributed by atoms with E-state index in [0.29, 0.717) is 24.9 Å². The highest BCUT2D eigenvalue weighted by Gasteiger charge is 2.71. The second-order valence-electron chi connectivity index (χ2n) is 12.6. The second kappa shape index (κ2) is 8.62. The van der Waals surface area contributed by atoms with Gasteiger partial charge in [-0.15, -0.1) is 0 Å². The molecule has 7 nitrogen and oxygen atoms in total. The number of hydrogen-bond acceptors (Lipinski definition) is 6. The minimum atomic E-state index is -3.81. The molecule has 11 heteroatoms. The van der Waals surface area contributed by atoms with Crippen molar-refractivity contribution in [3.8, 4) is 0 Å². The Morgan fingerprint density at radius 3 is 2.25 bits per heavy atom. The molecular weight excluding hydrogens is 498 g/mol. The number of likely N-dealkylation sites (N-methyl/N-ethyl adjacent to an activating group) is 1. The number of amidine groups is 1. The van der Waals surface area contributed by atoms with Gasteiger partial charge in [0.05, 0.1) is 11.2 Å². The van der Waals surface area contributed by atoms with Gasteiger partial charge in [0.25, 0.3) is 0 Å². The molecule has 4 rings (SSSR count). The molecule has 0 aromatic heterocycles. The molecule has 1 spiro atoms. The summed E-state index contributed by atoms with van der Waals surface area (Å²) in [5.41, 5.74) is -1.60. The lowest BCUT2D eigenvalue weighted by atomic mass is 9.75. The number of hydrogen-bond donors (Lipinski definition) is 0. The summed E-state index contributed by atoms with van der Waals surface area (Å²) < 4.78 is 61.0. The van der Waals surface area contributed by atoms with Crippen LogP contribution in [-0.4, -0.2) is 63.4 Å². The standard InChI is InChI=1S/C25H39BFN2O5SSi/c1-22(2)23(3,4)34-26(33-22)18-10-11-20(27)19(16-18)24(5)25(12-13-25)35(30,31)29(6)21(28-24)17-32-14-15-36(7,8)9/h10-11,16-17H,12-15H2,1-9H3. The summed E-state index contributed by atoms with van der Waals surface area (Å²) in [6, 6.07) is 5.57. The van der Waals surface area contributed by atoms with Crippen LogP contribution >= 0.6 is 0 Å². The third-order valence-corrected chi connectivity index (χ3v) is 12.7. The Morgan fingerprint density at radius 2 is 1.72 bits per heavy atom. The number of benzene rings is 1. The maximum atomic E-state index is 15.5. The molecule has 1 saturated carbocycles. The van der Waals surface area contributed by atoms with Gasteiger partial charge in [-0.2, -0.15) is 0 Å². The molecular formula is C25H39BFN2O5SSi. The summed E-state index contributed by atoms with van der Waals surface area (Å²) >= 11 is 0. The van der Waals surface area contributed by atoms with Crippen molar-refractivity contribution in [1.82, 2.24) is 4.31 Å². The molecule has 1 aliphatic carbocycles. The fraction of sp³-hybridized carbons (Fsp3) is 0.680. The van der Waals surface area contributed by atoms with E-state index in [4.69, 9.17) is 19.0 Å². The zero-order valence-corrected chi connectivity index (χ0v) is 24.8. The highest BCUT2D eigenvalue weighted by Crippen LogP contribution is 2.60. The molecule has 1 aromatic rings. The van der Waals surface area contributed by atoms with E-state index in [1.54, 1.807) is 19.1 Å². The van der Waals surface area contributed by atoms with E-state index in [1.165, 1.54) is 24.0 Å². The quantitative estimate of drug-likeness (QED) is 0.387. The topological polar surface area (TPSA) is 77.4 Å². The summed E-state index contributed by atoms with van der Waals surface area (Å²) in [4.78, 5) is 4.87. The van der Waals surface area contributed by atoms with E-state index in [0.717, 1.165) is 6.04 Å². The Bertz CT molecular complexity index is 1160. The van der Waals surface area contributed by atoms with Gasteiger partial charge in [-0.3, -0.25) is 9.30 Å². The molecule has 1 atom stereocenters. The Morgan fingerprint density at radius 1 is 1.14 bits per heavy atom. The molecule has 0 N–H and O–H groups in total. The average molecular weight is 538 g/mol. The lowest BCUT2D eigenvalue weighted by Crippen LogP contribution is -2.56. The third kappa shape index (κ3) is 4.38. The molecule has 199 valence electrons. The van der Waals surface area contributed by atoms with Crippen LogP contribution in [0, 0.1) is 12.4 Å². The molecule has 2 fully saturated rings. The molecule has 0 amide bonds. The van der Waals surface area contributed by atoms with Crippen LogP contribution in [0.2, 0.25) is 25.7 Å². The van der Waals surface area contributed by atoms with E-state index in [9.17, 15) is 8.42 Å². The summed E-state index contributed by atoms with van der Waals surface area (Å²) in [6.07, 6.45) is 0.813. The second-order valence-corrected chi connectivity index (χ2v) is 20.5. The van der Waals surface area contributed by atoms with E-state index in [-0.39, 0.29) is 11.4 Å². The molecule has 1 saturated heterocycles. The summed E-state index contributed by atoms with van der Waals surface area (Å²) in [7, 11) is -4.34. The molecule has 0 bridgehead atoms. The first-order valence-corrected chi connectivity index (χ1v) is 17.7.